The van der Waals surface area contributed by atoms with Gasteiger partial charge in [-0.1, -0.05) is 19.8 Å². The molecule has 3 N–H and O–H groups in total. The number of carbonyl (C=O) groups is 2. The van der Waals surface area contributed by atoms with E-state index >= 15 is 0 Å². The van der Waals surface area contributed by atoms with Gasteiger partial charge in [0, 0.05) is 12.6 Å². The molecule has 2 aliphatic rings. The summed E-state index contributed by atoms with van der Waals surface area (Å²) in [5.41, 5.74) is 0. The number of rotatable bonds is 6. The number of fused-ring (bicyclic) bond motifs is 2. The van der Waals surface area contributed by atoms with Crippen LogP contribution in [0.2, 0.25) is 0 Å². The van der Waals surface area contributed by atoms with Crippen LogP contribution in [-0.2, 0) is 4.79 Å². The van der Waals surface area contributed by atoms with Crippen LogP contribution in [0.4, 0.5) is 4.79 Å². The van der Waals surface area contributed by atoms with Crippen molar-refractivity contribution in [2.24, 2.45) is 17.8 Å². The number of hydrogen-bond acceptors (Lipinski definition) is 2. The highest BCUT2D eigenvalue weighted by atomic mass is 16.4. The molecule has 5 nitrogen and oxygen atoms in total. The molecule has 0 aromatic heterocycles. The quantitative estimate of drug-likeness (QED) is 0.644. The molecule has 5 heteroatoms. The molecule has 2 fully saturated rings. The Hall–Kier alpha value is -1.26. The first-order valence-corrected chi connectivity index (χ1v) is 7.40. The van der Waals surface area contributed by atoms with Crippen molar-refractivity contribution in [1.82, 2.24) is 10.6 Å². The Morgan fingerprint density at radius 2 is 1.95 bits per heavy atom. The van der Waals surface area contributed by atoms with Gasteiger partial charge >= 0.3 is 12.0 Å². The summed E-state index contributed by atoms with van der Waals surface area (Å²) in [7, 11) is 0. The number of urea groups is 1. The van der Waals surface area contributed by atoms with Crippen LogP contribution in [-0.4, -0.2) is 29.7 Å². The summed E-state index contributed by atoms with van der Waals surface area (Å²) in [6.07, 6.45) is 6.21. The highest BCUT2D eigenvalue weighted by molar-refractivity contribution is 5.77. The minimum Gasteiger partial charge on any atom is -0.481 e. The fraction of sp³-hybridized carbons (Fsp3) is 0.857. The van der Waals surface area contributed by atoms with Gasteiger partial charge in [-0.05, 0) is 37.5 Å². The summed E-state index contributed by atoms with van der Waals surface area (Å²) in [6, 6.07) is -0.387. The minimum absolute atomic E-state index is 0.178. The van der Waals surface area contributed by atoms with Gasteiger partial charge in [0.25, 0.3) is 0 Å². The van der Waals surface area contributed by atoms with E-state index in [2.05, 4.69) is 17.6 Å². The third-order valence-electron chi connectivity index (χ3n) is 4.57. The van der Waals surface area contributed by atoms with E-state index in [1.54, 1.807) is 0 Å². The Kier molecular flexibility index (Phi) is 4.66. The number of carboxylic acid groups (broad SMARTS) is 1. The fourth-order valence-corrected chi connectivity index (χ4v) is 3.63. The molecule has 0 heterocycles. The Balaban J connectivity index is 1.80. The molecule has 0 spiro atoms. The van der Waals surface area contributed by atoms with E-state index in [0.717, 1.165) is 38.5 Å². The van der Waals surface area contributed by atoms with E-state index in [0.29, 0.717) is 12.5 Å². The van der Waals surface area contributed by atoms with Crippen LogP contribution in [0.1, 0.15) is 45.4 Å². The van der Waals surface area contributed by atoms with Gasteiger partial charge in [-0.25, -0.2) is 4.79 Å². The van der Waals surface area contributed by atoms with Crippen molar-refractivity contribution in [1.29, 1.82) is 0 Å². The molecule has 2 bridgehead atoms. The maximum Gasteiger partial charge on any atom is 0.315 e. The average Bonchev–Trinajstić information content (AvgIpc) is 2.95. The predicted octanol–water partition coefficient (Wildman–Crippen LogP) is 1.98. The maximum atomic E-state index is 11.8. The first kappa shape index (κ1) is 14.2. The van der Waals surface area contributed by atoms with E-state index in [1.807, 2.05) is 0 Å². The molecule has 0 aromatic carbocycles. The molecule has 2 saturated carbocycles. The van der Waals surface area contributed by atoms with Crippen LogP contribution in [0.25, 0.3) is 0 Å². The summed E-state index contributed by atoms with van der Waals surface area (Å²) in [4.78, 5) is 23.1. The van der Waals surface area contributed by atoms with Gasteiger partial charge in [-0.3, -0.25) is 4.79 Å². The van der Waals surface area contributed by atoms with Gasteiger partial charge < -0.3 is 15.7 Å². The van der Waals surface area contributed by atoms with E-state index in [4.69, 9.17) is 0 Å². The SMILES string of the molecule is CCCCCNC(=O)NC1C2CCC(C2)C1C(=O)O. The molecule has 4 atom stereocenters. The number of amides is 2. The van der Waals surface area contributed by atoms with Gasteiger partial charge in [-0.2, -0.15) is 0 Å². The lowest BCUT2D eigenvalue weighted by Crippen LogP contribution is -2.50. The normalized spacial score (nSPS) is 32.3. The van der Waals surface area contributed by atoms with Gasteiger partial charge in [0.1, 0.15) is 0 Å². The van der Waals surface area contributed by atoms with Crippen molar-refractivity contribution in [3.05, 3.63) is 0 Å². The fourth-order valence-electron chi connectivity index (χ4n) is 3.63. The van der Waals surface area contributed by atoms with Crippen LogP contribution in [0, 0.1) is 17.8 Å². The molecular formula is C14H24N2O3. The van der Waals surface area contributed by atoms with Crippen molar-refractivity contribution in [2.75, 3.05) is 6.54 Å². The Morgan fingerprint density at radius 3 is 2.63 bits per heavy atom. The zero-order valence-corrected chi connectivity index (χ0v) is 11.5. The number of unbranched alkanes of at least 4 members (excludes halogenated alkanes) is 2. The summed E-state index contributed by atoms with van der Waals surface area (Å²) in [5.74, 6) is -0.538. The van der Waals surface area contributed by atoms with Crippen molar-refractivity contribution in [2.45, 2.75) is 51.5 Å². The molecule has 0 radical (unpaired) electrons. The molecule has 0 aromatic rings. The van der Waals surface area contributed by atoms with Crippen molar-refractivity contribution in [3.63, 3.8) is 0 Å². The van der Waals surface area contributed by atoms with Crippen LogP contribution < -0.4 is 10.6 Å². The van der Waals surface area contributed by atoms with Crippen molar-refractivity contribution >= 4 is 12.0 Å². The number of hydrogen-bond donors (Lipinski definition) is 3. The molecule has 108 valence electrons. The Labute approximate surface area is 114 Å². The standard InChI is InChI=1S/C14H24N2O3/c1-2-3-4-7-15-14(19)16-12-10-6-5-9(8-10)11(12)13(17)18/h9-12H,2-8H2,1H3,(H,17,18)(H2,15,16,19). The van der Waals surface area contributed by atoms with Gasteiger partial charge in [0.2, 0.25) is 0 Å². The Bertz CT molecular complexity index is 346. The topological polar surface area (TPSA) is 78.4 Å². The summed E-state index contributed by atoms with van der Waals surface area (Å²) >= 11 is 0. The minimum atomic E-state index is -0.761. The second-order valence-electron chi connectivity index (χ2n) is 5.83. The smallest absolute Gasteiger partial charge is 0.315 e. The maximum absolute atomic E-state index is 11.8. The van der Waals surface area contributed by atoms with Crippen LogP contribution in [0.15, 0.2) is 0 Å². The first-order valence-electron chi connectivity index (χ1n) is 7.40. The third kappa shape index (κ3) is 3.19. The van der Waals surface area contributed by atoms with Crippen molar-refractivity contribution in [3.8, 4) is 0 Å². The van der Waals surface area contributed by atoms with Crippen LogP contribution in [0.3, 0.4) is 0 Å². The van der Waals surface area contributed by atoms with Gasteiger partial charge in [0.05, 0.1) is 5.92 Å². The lowest BCUT2D eigenvalue weighted by molar-refractivity contribution is -0.144. The van der Waals surface area contributed by atoms with Crippen LogP contribution in [0.5, 0.6) is 0 Å². The summed E-state index contributed by atoms with van der Waals surface area (Å²) in [6.45, 7) is 2.78. The number of carboxylic acids is 1. The zero-order valence-electron chi connectivity index (χ0n) is 11.5. The molecule has 2 amide bonds. The van der Waals surface area contributed by atoms with E-state index in [-0.39, 0.29) is 23.9 Å². The summed E-state index contributed by atoms with van der Waals surface area (Å²) < 4.78 is 0. The molecule has 0 saturated heterocycles. The summed E-state index contributed by atoms with van der Waals surface area (Å²) in [5, 5.41) is 15.0. The molecule has 4 unspecified atom stereocenters. The molecule has 2 rings (SSSR count). The van der Waals surface area contributed by atoms with E-state index in [1.165, 1.54) is 0 Å². The zero-order chi connectivity index (χ0) is 13.8. The second-order valence-corrected chi connectivity index (χ2v) is 5.83. The van der Waals surface area contributed by atoms with E-state index < -0.39 is 5.97 Å². The van der Waals surface area contributed by atoms with Gasteiger partial charge in [0.15, 0.2) is 0 Å². The predicted molar refractivity (Wildman–Crippen MR) is 71.8 cm³/mol. The number of carbonyl (C=O) groups excluding carboxylic acids is 1. The van der Waals surface area contributed by atoms with E-state index in [9.17, 15) is 14.7 Å². The highest BCUT2D eigenvalue weighted by Gasteiger charge is 2.51. The largest absolute Gasteiger partial charge is 0.481 e. The van der Waals surface area contributed by atoms with Crippen molar-refractivity contribution < 1.29 is 14.7 Å². The lowest BCUT2D eigenvalue weighted by Gasteiger charge is -2.28. The first-order chi connectivity index (χ1) is 9.13. The third-order valence-corrected chi connectivity index (χ3v) is 4.57. The highest BCUT2D eigenvalue weighted by Crippen LogP contribution is 2.48. The molecule has 2 aliphatic carbocycles. The Morgan fingerprint density at radius 1 is 1.21 bits per heavy atom. The molecular weight excluding hydrogens is 244 g/mol. The molecule has 0 aliphatic heterocycles. The van der Waals surface area contributed by atoms with Crippen LogP contribution >= 0.6 is 0 Å². The number of aliphatic carboxylic acids is 1. The van der Waals surface area contributed by atoms with Gasteiger partial charge in [-0.15, -0.1) is 0 Å². The second kappa shape index (κ2) is 6.26. The lowest BCUT2D eigenvalue weighted by atomic mass is 9.84. The number of nitrogens with one attached hydrogen (secondary N) is 2. The molecule has 19 heavy (non-hydrogen) atoms. The monoisotopic (exact) mass is 268 g/mol. The average molecular weight is 268 g/mol.